The molecule has 2 amide bonds. The summed E-state index contributed by atoms with van der Waals surface area (Å²) in [7, 11) is 0. The van der Waals surface area contributed by atoms with Crippen molar-refractivity contribution in [2.75, 3.05) is 29.9 Å². The number of carbonyl (C=O) groups is 2. The highest BCUT2D eigenvalue weighted by Gasteiger charge is 2.19. The Bertz CT molecular complexity index is 1060. The number of piperazine rings is 1. The van der Waals surface area contributed by atoms with Gasteiger partial charge in [-0.05, 0) is 37.3 Å². The fourth-order valence-corrected chi connectivity index (χ4v) is 4.19. The van der Waals surface area contributed by atoms with Gasteiger partial charge in [0, 0.05) is 24.2 Å². The SMILES string of the molecule is Cc1ccc(-c2nc(CC(=O)Nc3ccc(N4CCNC(=O)C4)c(Cl)c3)cs2)o1. The molecule has 1 aromatic carbocycles. The second-order valence-electron chi connectivity index (χ2n) is 6.72. The molecule has 9 heteroatoms. The molecule has 2 aromatic heterocycles. The Morgan fingerprint density at radius 3 is 2.97 bits per heavy atom. The number of hydrogen-bond donors (Lipinski definition) is 2. The molecule has 150 valence electrons. The third-order valence-electron chi connectivity index (χ3n) is 4.46. The summed E-state index contributed by atoms with van der Waals surface area (Å²) < 4.78 is 5.57. The van der Waals surface area contributed by atoms with E-state index in [4.69, 9.17) is 16.0 Å². The van der Waals surface area contributed by atoms with Crippen LogP contribution in [0.4, 0.5) is 11.4 Å². The Balaban J connectivity index is 1.39. The Hall–Kier alpha value is -2.84. The highest BCUT2D eigenvalue weighted by Crippen LogP contribution is 2.30. The van der Waals surface area contributed by atoms with Gasteiger partial charge in [0.1, 0.15) is 5.76 Å². The van der Waals surface area contributed by atoms with Crippen molar-refractivity contribution in [1.29, 1.82) is 0 Å². The van der Waals surface area contributed by atoms with Crippen molar-refractivity contribution in [3.63, 3.8) is 0 Å². The zero-order valence-electron chi connectivity index (χ0n) is 15.7. The Kier molecular flexibility index (Phi) is 5.55. The largest absolute Gasteiger partial charge is 0.459 e. The van der Waals surface area contributed by atoms with Crippen LogP contribution in [0.3, 0.4) is 0 Å². The van der Waals surface area contributed by atoms with Crippen LogP contribution >= 0.6 is 22.9 Å². The van der Waals surface area contributed by atoms with Gasteiger partial charge in [-0.3, -0.25) is 9.59 Å². The van der Waals surface area contributed by atoms with Crippen LogP contribution in [-0.4, -0.2) is 36.4 Å². The van der Waals surface area contributed by atoms with Gasteiger partial charge in [0.2, 0.25) is 11.8 Å². The minimum atomic E-state index is -0.182. The molecule has 29 heavy (non-hydrogen) atoms. The number of amides is 2. The third-order valence-corrected chi connectivity index (χ3v) is 5.66. The number of hydrogen-bond acceptors (Lipinski definition) is 6. The Morgan fingerprint density at radius 2 is 2.24 bits per heavy atom. The first-order valence-corrected chi connectivity index (χ1v) is 10.4. The van der Waals surface area contributed by atoms with E-state index in [-0.39, 0.29) is 24.8 Å². The van der Waals surface area contributed by atoms with Crippen molar-refractivity contribution in [3.8, 4) is 10.8 Å². The molecule has 0 radical (unpaired) electrons. The Morgan fingerprint density at radius 1 is 1.38 bits per heavy atom. The van der Waals surface area contributed by atoms with Crippen LogP contribution in [-0.2, 0) is 16.0 Å². The topological polar surface area (TPSA) is 87.5 Å². The van der Waals surface area contributed by atoms with E-state index in [1.54, 1.807) is 12.1 Å². The normalized spacial score (nSPS) is 14.0. The maximum Gasteiger partial charge on any atom is 0.239 e. The summed E-state index contributed by atoms with van der Waals surface area (Å²) in [4.78, 5) is 30.4. The second-order valence-corrected chi connectivity index (χ2v) is 7.98. The van der Waals surface area contributed by atoms with Crippen molar-refractivity contribution in [2.45, 2.75) is 13.3 Å². The summed E-state index contributed by atoms with van der Waals surface area (Å²) >= 11 is 7.82. The highest BCUT2D eigenvalue weighted by molar-refractivity contribution is 7.13. The van der Waals surface area contributed by atoms with Crippen LogP contribution in [0.2, 0.25) is 5.02 Å². The molecule has 4 rings (SSSR count). The first-order valence-electron chi connectivity index (χ1n) is 9.10. The molecule has 0 bridgehead atoms. The number of benzene rings is 1. The lowest BCUT2D eigenvalue weighted by atomic mass is 10.2. The number of furan rings is 1. The molecule has 7 nitrogen and oxygen atoms in total. The minimum Gasteiger partial charge on any atom is -0.459 e. The molecule has 0 atom stereocenters. The molecule has 0 unspecified atom stereocenters. The van der Waals surface area contributed by atoms with Gasteiger partial charge in [-0.15, -0.1) is 11.3 Å². The predicted octanol–water partition coefficient (Wildman–Crippen LogP) is 3.48. The summed E-state index contributed by atoms with van der Waals surface area (Å²) in [6.45, 7) is 3.42. The first kappa shape index (κ1) is 19.5. The molecular weight excluding hydrogens is 412 g/mol. The smallest absolute Gasteiger partial charge is 0.239 e. The van der Waals surface area contributed by atoms with E-state index in [9.17, 15) is 9.59 Å². The summed E-state index contributed by atoms with van der Waals surface area (Å²) in [6.07, 6.45) is 0.155. The molecular formula is C20H19ClN4O3S. The molecule has 1 fully saturated rings. The zero-order chi connectivity index (χ0) is 20.4. The zero-order valence-corrected chi connectivity index (χ0v) is 17.3. The maximum atomic E-state index is 12.4. The van der Waals surface area contributed by atoms with E-state index in [2.05, 4.69) is 15.6 Å². The van der Waals surface area contributed by atoms with E-state index >= 15 is 0 Å². The van der Waals surface area contributed by atoms with Crippen LogP contribution in [0.25, 0.3) is 10.8 Å². The van der Waals surface area contributed by atoms with E-state index in [0.29, 0.717) is 35.3 Å². The molecule has 1 aliphatic heterocycles. The van der Waals surface area contributed by atoms with Gasteiger partial charge in [0.05, 0.1) is 29.4 Å². The number of nitrogens with one attached hydrogen (secondary N) is 2. The lowest BCUT2D eigenvalue weighted by Gasteiger charge is -2.29. The number of carbonyl (C=O) groups excluding carboxylic acids is 2. The number of nitrogens with zero attached hydrogens (tertiary/aromatic N) is 2. The van der Waals surface area contributed by atoms with Gasteiger partial charge in [-0.1, -0.05) is 11.6 Å². The van der Waals surface area contributed by atoms with Gasteiger partial charge in [-0.25, -0.2) is 4.98 Å². The number of halogens is 1. The van der Waals surface area contributed by atoms with Crippen LogP contribution < -0.4 is 15.5 Å². The van der Waals surface area contributed by atoms with E-state index < -0.39 is 0 Å². The molecule has 1 aliphatic rings. The number of anilines is 2. The minimum absolute atomic E-state index is 0.0305. The lowest BCUT2D eigenvalue weighted by Crippen LogP contribution is -2.47. The molecule has 0 saturated carbocycles. The quantitative estimate of drug-likeness (QED) is 0.647. The van der Waals surface area contributed by atoms with Crippen LogP contribution in [0, 0.1) is 6.92 Å². The van der Waals surface area contributed by atoms with Gasteiger partial charge in [0.15, 0.2) is 10.8 Å². The summed E-state index contributed by atoms with van der Waals surface area (Å²) in [5.74, 6) is 1.31. The number of aromatic nitrogens is 1. The number of thiazole rings is 1. The van der Waals surface area contributed by atoms with Crippen molar-refractivity contribution in [1.82, 2.24) is 10.3 Å². The Labute approximate surface area is 176 Å². The van der Waals surface area contributed by atoms with Crippen molar-refractivity contribution < 1.29 is 14.0 Å². The van der Waals surface area contributed by atoms with Crippen molar-refractivity contribution >= 4 is 46.1 Å². The number of aryl methyl sites for hydroxylation is 1. The predicted molar refractivity (Wildman–Crippen MR) is 114 cm³/mol. The van der Waals surface area contributed by atoms with Crippen LogP contribution in [0.1, 0.15) is 11.5 Å². The lowest BCUT2D eigenvalue weighted by molar-refractivity contribution is -0.120. The highest BCUT2D eigenvalue weighted by atomic mass is 35.5. The van der Waals surface area contributed by atoms with Crippen molar-refractivity contribution in [3.05, 3.63) is 52.2 Å². The second kappa shape index (κ2) is 8.26. The molecule has 3 aromatic rings. The van der Waals surface area contributed by atoms with Crippen LogP contribution in [0.15, 0.2) is 40.1 Å². The summed E-state index contributed by atoms with van der Waals surface area (Å²) in [5, 5.41) is 8.71. The first-order chi connectivity index (χ1) is 14.0. The monoisotopic (exact) mass is 430 g/mol. The van der Waals surface area contributed by atoms with Gasteiger partial charge >= 0.3 is 0 Å². The average molecular weight is 431 g/mol. The average Bonchev–Trinajstić information content (AvgIpc) is 3.30. The molecule has 2 N–H and O–H groups in total. The third kappa shape index (κ3) is 4.60. The molecule has 0 aliphatic carbocycles. The molecule has 1 saturated heterocycles. The van der Waals surface area contributed by atoms with Gasteiger partial charge in [0.25, 0.3) is 0 Å². The fourth-order valence-electron chi connectivity index (χ4n) is 3.11. The molecule has 0 spiro atoms. The van der Waals surface area contributed by atoms with E-state index in [1.807, 2.05) is 35.4 Å². The fraction of sp³-hybridized carbons (Fsp3) is 0.250. The maximum absolute atomic E-state index is 12.4. The van der Waals surface area contributed by atoms with Gasteiger partial charge in [-0.2, -0.15) is 0 Å². The van der Waals surface area contributed by atoms with E-state index in [0.717, 1.165) is 16.5 Å². The van der Waals surface area contributed by atoms with Crippen molar-refractivity contribution in [2.24, 2.45) is 0 Å². The standard InChI is InChI=1S/C20H19ClN4O3S/c1-12-2-5-17(28-12)20-24-14(11-29-20)9-18(26)23-13-3-4-16(15(21)8-13)25-7-6-22-19(27)10-25/h2-5,8,11H,6-7,9-10H2,1H3,(H,22,27)(H,23,26). The van der Waals surface area contributed by atoms with Crippen LogP contribution in [0.5, 0.6) is 0 Å². The molecule has 3 heterocycles. The number of rotatable bonds is 5. The van der Waals surface area contributed by atoms with Gasteiger partial charge < -0.3 is 20.0 Å². The van der Waals surface area contributed by atoms with E-state index in [1.165, 1.54) is 11.3 Å². The summed E-state index contributed by atoms with van der Waals surface area (Å²) in [5.41, 5.74) is 2.05. The summed E-state index contributed by atoms with van der Waals surface area (Å²) in [6, 6.07) is 9.04.